The molecule has 1 saturated heterocycles. The monoisotopic (exact) mass is 449 g/mol. The number of hydrogen-bond acceptors (Lipinski definition) is 3. The number of ether oxygens (including phenoxy) is 1. The van der Waals surface area contributed by atoms with Gasteiger partial charge in [0.05, 0.1) is 12.6 Å². The van der Waals surface area contributed by atoms with Crippen molar-refractivity contribution in [1.82, 2.24) is 4.90 Å². The largest absolute Gasteiger partial charge is 0.444 e. The van der Waals surface area contributed by atoms with Crippen molar-refractivity contribution in [3.05, 3.63) is 91.0 Å². The molecular formula is C27H32NO3P. The van der Waals surface area contributed by atoms with Gasteiger partial charge < -0.3 is 14.7 Å². The van der Waals surface area contributed by atoms with Gasteiger partial charge in [0.15, 0.2) is 0 Å². The van der Waals surface area contributed by atoms with Crippen molar-refractivity contribution in [3.63, 3.8) is 0 Å². The molecule has 1 fully saturated rings. The molecule has 0 unspecified atom stereocenters. The number of benzene rings is 3. The minimum absolute atomic E-state index is 0.0270. The van der Waals surface area contributed by atoms with E-state index in [0.717, 1.165) is 6.42 Å². The summed E-state index contributed by atoms with van der Waals surface area (Å²) in [6.07, 6.45) is 0.549. The smallest absolute Gasteiger partial charge is 0.410 e. The van der Waals surface area contributed by atoms with E-state index < -0.39 is 13.5 Å². The summed E-state index contributed by atoms with van der Waals surface area (Å²) < 4.78 is 5.15. The fourth-order valence-corrected chi connectivity index (χ4v) is 5.68. The number of hydrogen-bond donors (Lipinski definition) is 1. The van der Waals surface area contributed by atoms with Crippen LogP contribution in [0.1, 0.15) is 27.2 Å². The number of carbonyl (C=O) groups is 1. The van der Waals surface area contributed by atoms with Crippen molar-refractivity contribution in [2.75, 3.05) is 13.2 Å². The Hall–Kier alpha value is -2.68. The topological polar surface area (TPSA) is 49.8 Å². The molecule has 1 amide bonds. The Balaban J connectivity index is 0.000000195. The first-order chi connectivity index (χ1) is 15.4. The van der Waals surface area contributed by atoms with Gasteiger partial charge >= 0.3 is 6.09 Å². The predicted molar refractivity (Wildman–Crippen MR) is 134 cm³/mol. The molecule has 4 rings (SSSR count). The first-order valence-electron chi connectivity index (χ1n) is 10.9. The standard InChI is InChI=1S/C18H15P.C9H17NO3/c1-4-10-16(11-5-1)19(17-12-6-2-7-13-17)18-14-8-3-9-15-18;1-9(2,3)13-8(12)10-5-4-7(10)6-11/h1-15H;7,11H,4-6H2,1-3H3/t;7-/m.0/s1. The highest BCUT2D eigenvalue weighted by Crippen LogP contribution is 2.32. The third-order valence-corrected chi connectivity index (χ3v) is 7.47. The molecule has 1 aliphatic heterocycles. The van der Waals surface area contributed by atoms with Gasteiger partial charge in [-0.2, -0.15) is 0 Å². The zero-order chi connectivity index (χ0) is 23.0. The van der Waals surface area contributed by atoms with E-state index in [1.54, 1.807) is 4.90 Å². The fourth-order valence-electron chi connectivity index (χ4n) is 3.37. The summed E-state index contributed by atoms with van der Waals surface area (Å²) in [7, 11) is -0.446. The second-order valence-corrected chi connectivity index (χ2v) is 10.9. The minimum atomic E-state index is -0.452. The van der Waals surface area contributed by atoms with E-state index >= 15 is 0 Å². The van der Waals surface area contributed by atoms with Crippen molar-refractivity contribution >= 4 is 29.9 Å². The second-order valence-electron chi connectivity index (χ2n) is 8.64. The van der Waals surface area contributed by atoms with E-state index in [1.165, 1.54) is 15.9 Å². The molecular weight excluding hydrogens is 417 g/mol. The lowest BCUT2D eigenvalue weighted by molar-refractivity contribution is -0.0166. The normalized spacial score (nSPS) is 15.4. The number of carbonyl (C=O) groups excluding carboxylic acids is 1. The quantitative estimate of drug-likeness (QED) is 0.600. The molecule has 0 bridgehead atoms. The SMILES string of the molecule is CC(C)(C)OC(=O)N1CC[C@H]1CO.c1ccc(P(c2ccccc2)c2ccccc2)cc1. The van der Waals surface area contributed by atoms with E-state index in [-0.39, 0.29) is 18.7 Å². The molecule has 0 radical (unpaired) electrons. The summed E-state index contributed by atoms with van der Waals surface area (Å²) in [5.74, 6) is 0. The Morgan fingerprint density at radius 1 is 0.875 bits per heavy atom. The lowest BCUT2D eigenvalue weighted by atomic mass is 10.1. The molecule has 3 aromatic carbocycles. The van der Waals surface area contributed by atoms with Gasteiger partial charge in [-0.05, 0) is 51.0 Å². The zero-order valence-electron chi connectivity index (χ0n) is 19.0. The molecule has 1 aliphatic rings. The van der Waals surface area contributed by atoms with Crippen molar-refractivity contribution in [1.29, 1.82) is 0 Å². The van der Waals surface area contributed by atoms with Crippen LogP contribution in [0, 0.1) is 0 Å². The highest BCUT2D eigenvalue weighted by atomic mass is 31.1. The lowest BCUT2D eigenvalue weighted by Crippen LogP contribution is -2.54. The van der Waals surface area contributed by atoms with Gasteiger partial charge in [0.2, 0.25) is 0 Å². The van der Waals surface area contributed by atoms with Crippen LogP contribution in [-0.4, -0.2) is 40.9 Å². The van der Waals surface area contributed by atoms with Crippen molar-refractivity contribution in [2.45, 2.75) is 38.8 Å². The lowest BCUT2D eigenvalue weighted by Gasteiger charge is -2.40. The number of likely N-dealkylation sites (tertiary alicyclic amines) is 1. The van der Waals surface area contributed by atoms with Gasteiger partial charge in [-0.1, -0.05) is 91.0 Å². The van der Waals surface area contributed by atoms with E-state index in [2.05, 4.69) is 91.0 Å². The van der Waals surface area contributed by atoms with Gasteiger partial charge in [-0.3, -0.25) is 0 Å². The number of nitrogens with zero attached hydrogens (tertiary/aromatic N) is 1. The molecule has 1 atom stereocenters. The summed E-state index contributed by atoms with van der Waals surface area (Å²) in [6, 6.07) is 32.3. The zero-order valence-corrected chi connectivity index (χ0v) is 19.9. The van der Waals surface area contributed by atoms with Gasteiger partial charge in [-0.25, -0.2) is 4.79 Å². The maximum Gasteiger partial charge on any atom is 0.410 e. The number of aliphatic hydroxyl groups is 1. The van der Waals surface area contributed by atoms with E-state index in [0.29, 0.717) is 6.54 Å². The van der Waals surface area contributed by atoms with Crippen molar-refractivity contribution in [3.8, 4) is 0 Å². The van der Waals surface area contributed by atoms with Crippen LogP contribution in [0.15, 0.2) is 91.0 Å². The van der Waals surface area contributed by atoms with Crippen LogP contribution in [0.2, 0.25) is 0 Å². The van der Waals surface area contributed by atoms with Crippen LogP contribution >= 0.6 is 7.92 Å². The number of rotatable bonds is 4. The van der Waals surface area contributed by atoms with E-state index in [9.17, 15) is 4.79 Å². The van der Waals surface area contributed by atoms with Crippen molar-refractivity contribution in [2.24, 2.45) is 0 Å². The average Bonchev–Trinajstić information content (AvgIpc) is 2.75. The van der Waals surface area contributed by atoms with Gasteiger partial charge in [0.1, 0.15) is 5.60 Å². The molecule has 0 aromatic heterocycles. The number of amides is 1. The average molecular weight is 450 g/mol. The first kappa shape index (κ1) is 24.0. The van der Waals surface area contributed by atoms with Gasteiger partial charge in [-0.15, -0.1) is 0 Å². The van der Waals surface area contributed by atoms with E-state index in [4.69, 9.17) is 9.84 Å². The Morgan fingerprint density at radius 2 is 1.28 bits per heavy atom. The minimum Gasteiger partial charge on any atom is -0.444 e. The van der Waals surface area contributed by atoms with Crippen LogP contribution in [-0.2, 0) is 4.74 Å². The molecule has 5 heteroatoms. The Labute approximate surface area is 192 Å². The molecule has 168 valence electrons. The predicted octanol–water partition coefficient (Wildman–Crippen LogP) is 4.43. The van der Waals surface area contributed by atoms with Gasteiger partial charge in [0, 0.05) is 6.54 Å². The summed E-state index contributed by atoms with van der Waals surface area (Å²) >= 11 is 0. The first-order valence-corrected chi connectivity index (χ1v) is 12.3. The Kier molecular flexibility index (Phi) is 8.44. The summed E-state index contributed by atoms with van der Waals surface area (Å²) in [5, 5.41) is 13.0. The van der Waals surface area contributed by atoms with Crippen molar-refractivity contribution < 1.29 is 14.6 Å². The summed E-state index contributed by atoms with van der Waals surface area (Å²) in [6.45, 7) is 6.22. The van der Waals surface area contributed by atoms with Crippen LogP contribution in [0.4, 0.5) is 4.79 Å². The third-order valence-electron chi connectivity index (χ3n) is 5.03. The fraction of sp³-hybridized carbons (Fsp3) is 0.296. The molecule has 0 saturated carbocycles. The molecule has 4 nitrogen and oxygen atoms in total. The van der Waals surface area contributed by atoms with Crippen LogP contribution in [0.3, 0.4) is 0 Å². The maximum atomic E-state index is 11.4. The van der Waals surface area contributed by atoms with E-state index in [1.807, 2.05) is 20.8 Å². The Morgan fingerprint density at radius 3 is 1.56 bits per heavy atom. The van der Waals surface area contributed by atoms with Crippen LogP contribution in [0.5, 0.6) is 0 Å². The van der Waals surface area contributed by atoms with Gasteiger partial charge in [0.25, 0.3) is 0 Å². The number of aliphatic hydroxyl groups excluding tert-OH is 1. The van der Waals surface area contributed by atoms with Crippen LogP contribution in [0.25, 0.3) is 0 Å². The Bertz CT molecular complexity index is 863. The molecule has 0 aliphatic carbocycles. The highest BCUT2D eigenvalue weighted by molar-refractivity contribution is 7.79. The van der Waals surface area contributed by atoms with Crippen LogP contribution < -0.4 is 15.9 Å². The molecule has 0 spiro atoms. The maximum absolute atomic E-state index is 11.4. The highest BCUT2D eigenvalue weighted by Gasteiger charge is 2.34. The molecule has 1 N–H and O–H groups in total. The second kappa shape index (κ2) is 11.3. The molecule has 1 heterocycles. The third kappa shape index (κ3) is 6.66. The summed E-state index contributed by atoms with van der Waals surface area (Å²) in [5.41, 5.74) is -0.452. The molecule has 3 aromatic rings. The summed E-state index contributed by atoms with van der Waals surface area (Å²) in [4.78, 5) is 13.0. The molecule has 32 heavy (non-hydrogen) atoms.